The smallest absolute Gasteiger partial charge is 0.141 e. The summed E-state index contributed by atoms with van der Waals surface area (Å²) in [4.78, 5) is 0. The number of benzene rings is 1. The Hall–Kier alpha value is -1.62. The van der Waals surface area contributed by atoms with Crippen LogP contribution in [0, 0.1) is 40.8 Å². The third-order valence-corrected chi connectivity index (χ3v) is 7.81. The van der Waals surface area contributed by atoms with Crippen LogP contribution in [0.3, 0.4) is 0 Å². The Labute approximate surface area is 183 Å². The third-order valence-electron chi connectivity index (χ3n) is 7.81. The average molecular weight is 410 g/mol. The van der Waals surface area contributed by atoms with E-state index in [-0.39, 0.29) is 5.56 Å². The molecule has 0 spiro atoms. The van der Waals surface area contributed by atoms with Crippen molar-refractivity contribution in [3.63, 3.8) is 0 Å². The number of nitrogens with zero attached hydrogens (tertiary/aromatic N) is 1. The number of unbranched alkanes of at least 4 members (excludes halogenated alkanes) is 2. The molecule has 0 heterocycles. The van der Waals surface area contributed by atoms with Gasteiger partial charge in [0.05, 0.1) is 5.56 Å². The first-order valence-electron chi connectivity index (χ1n) is 12.5. The van der Waals surface area contributed by atoms with Gasteiger partial charge in [-0.1, -0.05) is 63.7 Å². The van der Waals surface area contributed by atoms with Crippen molar-refractivity contribution in [3.05, 3.63) is 47.3 Å². The number of halogens is 1. The van der Waals surface area contributed by atoms with E-state index < -0.39 is 5.82 Å². The first-order valence-corrected chi connectivity index (χ1v) is 12.5. The summed E-state index contributed by atoms with van der Waals surface area (Å²) >= 11 is 0. The summed E-state index contributed by atoms with van der Waals surface area (Å²) < 4.78 is 13.7. The minimum Gasteiger partial charge on any atom is -0.206 e. The Bertz CT molecular complexity index is 700. The zero-order valence-electron chi connectivity index (χ0n) is 18.9. The van der Waals surface area contributed by atoms with Gasteiger partial charge in [0, 0.05) is 0 Å². The molecule has 2 aliphatic carbocycles. The van der Waals surface area contributed by atoms with Crippen molar-refractivity contribution in [3.8, 4) is 6.07 Å². The summed E-state index contributed by atoms with van der Waals surface area (Å²) in [6, 6.07) is 6.81. The van der Waals surface area contributed by atoms with Gasteiger partial charge in [0.15, 0.2) is 0 Å². The number of allylic oxidation sites excluding steroid dienone is 2. The van der Waals surface area contributed by atoms with Gasteiger partial charge in [-0.15, -0.1) is 0 Å². The van der Waals surface area contributed by atoms with E-state index in [1.54, 1.807) is 6.07 Å². The Morgan fingerprint density at radius 1 is 0.933 bits per heavy atom. The summed E-state index contributed by atoms with van der Waals surface area (Å²) in [5.74, 6) is 3.45. The minimum absolute atomic E-state index is 0.129. The molecule has 1 nitrogen and oxygen atoms in total. The normalized spacial score (nSPS) is 27.2. The number of hydrogen-bond donors (Lipinski definition) is 0. The van der Waals surface area contributed by atoms with E-state index in [9.17, 15) is 4.39 Å². The molecule has 0 unspecified atom stereocenters. The maximum atomic E-state index is 13.7. The highest BCUT2D eigenvalue weighted by atomic mass is 19.1. The molecule has 0 aliphatic heterocycles. The van der Waals surface area contributed by atoms with E-state index in [1.807, 2.05) is 12.1 Å². The zero-order valence-corrected chi connectivity index (χ0v) is 18.9. The van der Waals surface area contributed by atoms with Crippen LogP contribution in [0.15, 0.2) is 30.4 Å². The van der Waals surface area contributed by atoms with Gasteiger partial charge in [-0.25, -0.2) is 4.39 Å². The van der Waals surface area contributed by atoms with Crippen molar-refractivity contribution >= 4 is 0 Å². The monoisotopic (exact) mass is 409 g/mol. The topological polar surface area (TPSA) is 23.8 Å². The van der Waals surface area contributed by atoms with Crippen molar-refractivity contribution in [1.82, 2.24) is 0 Å². The van der Waals surface area contributed by atoms with E-state index in [4.69, 9.17) is 5.26 Å². The molecular formula is C28H40FN. The predicted octanol–water partition coefficient (Wildman–Crippen LogP) is 8.38. The molecular weight excluding hydrogens is 369 g/mol. The van der Waals surface area contributed by atoms with Crippen molar-refractivity contribution in [2.75, 3.05) is 0 Å². The maximum absolute atomic E-state index is 13.7. The van der Waals surface area contributed by atoms with Gasteiger partial charge in [-0.3, -0.25) is 0 Å². The fourth-order valence-corrected chi connectivity index (χ4v) is 5.81. The van der Waals surface area contributed by atoms with E-state index in [0.717, 1.165) is 42.1 Å². The van der Waals surface area contributed by atoms with Crippen LogP contribution in [0.5, 0.6) is 0 Å². The molecule has 2 heteroatoms. The lowest BCUT2D eigenvalue weighted by atomic mass is 9.68. The van der Waals surface area contributed by atoms with E-state index in [1.165, 1.54) is 83.1 Å². The SMILES string of the molecule is CCCCCC1CCC(C2CCC(CC=CCc3ccc(C#N)c(F)c3)CC2)CC1. The van der Waals surface area contributed by atoms with Crippen LogP contribution in [-0.2, 0) is 6.42 Å². The van der Waals surface area contributed by atoms with Crippen molar-refractivity contribution in [1.29, 1.82) is 5.26 Å². The predicted molar refractivity (Wildman–Crippen MR) is 124 cm³/mol. The second-order valence-corrected chi connectivity index (χ2v) is 9.89. The van der Waals surface area contributed by atoms with Crippen molar-refractivity contribution in [2.24, 2.45) is 23.7 Å². The third kappa shape index (κ3) is 6.97. The molecule has 0 atom stereocenters. The largest absolute Gasteiger partial charge is 0.206 e. The van der Waals surface area contributed by atoms with Crippen molar-refractivity contribution in [2.45, 2.75) is 96.8 Å². The fourth-order valence-electron chi connectivity index (χ4n) is 5.81. The molecule has 2 fully saturated rings. The molecule has 2 aliphatic rings. The summed E-state index contributed by atoms with van der Waals surface area (Å²) in [7, 11) is 0. The molecule has 0 saturated heterocycles. The Morgan fingerprint density at radius 3 is 2.20 bits per heavy atom. The summed E-state index contributed by atoms with van der Waals surface area (Å²) in [5, 5.41) is 8.82. The second-order valence-electron chi connectivity index (χ2n) is 9.89. The molecule has 0 amide bonds. The van der Waals surface area contributed by atoms with Crippen LogP contribution < -0.4 is 0 Å². The Kier molecular flexibility index (Phi) is 9.44. The molecule has 3 rings (SSSR count). The fraction of sp³-hybridized carbons (Fsp3) is 0.679. The minimum atomic E-state index is -0.406. The number of rotatable bonds is 9. The van der Waals surface area contributed by atoms with Crippen LogP contribution in [0.1, 0.15) is 102 Å². The highest BCUT2D eigenvalue weighted by Gasteiger charge is 2.30. The zero-order chi connectivity index (χ0) is 21.2. The van der Waals surface area contributed by atoms with E-state index in [2.05, 4.69) is 19.1 Å². The Morgan fingerprint density at radius 2 is 1.60 bits per heavy atom. The Balaban J connectivity index is 1.32. The first-order chi connectivity index (χ1) is 14.7. The van der Waals surface area contributed by atoms with Crippen LogP contribution in [-0.4, -0.2) is 0 Å². The van der Waals surface area contributed by atoms with Gasteiger partial charge in [0.25, 0.3) is 0 Å². The molecule has 1 aromatic carbocycles. The summed E-state index contributed by atoms with van der Waals surface area (Å²) in [5.41, 5.74) is 1.07. The highest BCUT2D eigenvalue weighted by Crippen LogP contribution is 2.42. The second kappa shape index (κ2) is 12.3. The molecule has 0 aromatic heterocycles. The number of hydrogen-bond acceptors (Lipinski definition) is 1. The lowest BCUT2D eigenvalue weighted by Gasteiger charge is -2.37. The van der Waals surface area contributed by atoms with Gasteiger partial charge in [0.2, 0.25) is 0 Å². The summed E-state index contributed by atoms with van der Waals surface area (Å²) in [6.45, 7) is 2.31. The quantitative estimate of drug-likeness (QED) is 0.297. The first kappa shape index (κ1) is 23.1. The molecule has 0 radical (unpaired) electrons. The van der Waals surface area contributed by atoms with E-state index in [0.29, 0.717) is 0 Å². The van der Waals surface area contributed by atoms with Gasteiger partial charge in [-0.2, -0.15) is 5.26 Å². The maximum Gasteiger partial charge on any atom is 0.141 e. The van der Waals surface area contributed by atoms with Gasteiger partial charge >= 0.3 is 0 Å². The molecule has 164 valence electrons. The lowest BCUT2D eigenvalue weighted by molar-refractivity contribution is 0.143. The van der Waals surface area contributed by atoms with Gasteiger partial charge < -0.3 is 0 Å². The highest BCUT2D eigenvalue weighted by molar-refractivity contribution is 5.34. The molecule has 2 saturated carbocycles. The van der Waals surface area contributed by atoms with Crippen LogP contribution in [0.4, 0.5) is 4.39 Å². The molecule has 1 aromatic rings. The van der Waals surface area contributed by atoms with Crippen LogP contribution in [0.25, 0.3) is 0 Å². The standard InChI is InChI=1S/C28H40FN/c1-2-3-4-7-22-10-15-25(16-11-22)26-17-12-23(13-18-26)8-5-6-9-24-14-19-27(21-30)28(29)20-24/h5-6,14,19-20,22-23,25-26H,2-4,7-13,15-18H2,1H3. The van der Waals surface area contributed by atoms with Gasteiger partial charge in [0.1, 0.15) is 11.9 Å². The summed E-state index contributed by atoms with van der Waals surface area (Å²) in [6.07, 6.45) is 23.7. The molecule has 30 heavy (non-hydrogen) atoms. The lowest BCUT2D eigenvalue weighted by Crippen LogP contribution is -2.25. The molecule has 0 bridgehead atoms. The van der Waals surface area contributed by atoms with E-state index >= 15 is 0 Å². The van der Waals surface area contributed by atoms with Crippen LogP contribution in [0.2, 0.25) is 0 Å². The van der Waals surface area contributed by atoms with Crippen LogP contribution >= 0.6 is 0 Å². The number of nitriles is 1. The van der Waals surface area contributed by atoms with Gasteiger partial charge in [-0.05, 0) is 92.7 Å². The van der Waals surface area contributed by atoms with Crippen molar-refractivity contribution < 1.29 is 4.39 Å². The molecule has 0 N–H and O–H groups in total. The average Bonchev–Trinajstić information content (AvgIpc) is 2.78.